The molecule has 0 spiro atoms. The molecular formula is C11H21N. The van der Waals surface area contributed by atoms with Crippen LogP contribution in [0.1, 0.15) is 39.5 Å². The van der Waals surface area contributed by atoms with E-state index in [1.54, 1.807) is 0 Å². The predicted molar refractivity (Wildman–Crippen MR) is 52.2 cm³/mol. The Kier molecular flexibility index (Phi) is 2.40. The Morgan fingerprint density at radius 1 is 1.00 bits per heavy atom. The largest absolute Gasteiger partial charge is 0.300 e. The zero-order valence-corrected chi connectivity index (χ0v) is 8.42. The molecule has 2 rings (SSSR count). The van der Waals surface area contributed by atoms with E-state index in [2.05, 4.69) is 18.7 Å². The summed E-state index contributed by atoms with van der Waals surface area (Å²) in [5, 5.41) is 0. The molecule has 0 radical (unpaired) electrons. The molecule has 0 saturated carbocycles. The molecule has 2 heterocycles. The van der Waals surface area contributed by atoms with Gasteiger partial charge in [-0.05, 0) is 44.1 Å². The molecule has 0 bridgehead atoms. The molecule has 3 atom stereocenters. The van der Waals surface area contributed by atoms with Crippen LogP contribution < -0.4 is 0 Å². The maximum atomic E-state index is 2.73. The summed E-state index contributed by atoms with van der Waals surface area (Å²) in [6.07, 6.45) is 5.83. The van der Waals surface area contributed by atoms with Crippen molar-refractivity contribution in [2.24, 2.45) is 11.8 Å². The van der Waals surface area contributed by atoms with Gasteiger partial charge in [0.05, 0.1) is 0 Å². The molecule has 12 heavy (non-hydrogen) atoms. The Morgan fingerprint density at radius 3 is 2.67 bits per heavy atom. The number of hydrogen-bond donors (Lipinski definition) is 0. The van der Waals surface area contributed by atoms with Crippen molar-refractivity contribution in [1.82, 2.24) is 4.90 Å². The Balaban J connectivity index is 1.94. The molecule has 1 nitrogen and oxygen atoms in total. The average Bonchev–Trinajstić information content (AvgIpc) is 2.05. The van der Waals surface area contributed by atoms with Gasteiger partial charge in [0.2, 0.25) is 0 Å². The van der Waals surface area contributed by atoms with E-state index in [1.807, 2.05) is 0 Å². The Bertz CT molecular complexity index is 137. The maximum Gasteiger partial charge on any atom is 0.00980 e. The van der Waals surface area contributed by atoms with Crippen molar-refractivity contribution >= 4 is 0 Å². The standard InChI is InChI=1S/C11H21N/c1-9-5-6-12-8-10(2)3-4-11(12)7-9/h9-11H,3-8H2,1-2H3/t9-,10-,11-/m1/s1. The third kappa shape index (κ3) is 1.66. The lowest BCUT2D eigenvalue weighted by molar-refractivity contribution is 0.0600. The lowest BCUT2D eigenvalue weighted by atomic mass is 9.84. The number of fused-ring (bicyclic) bond motifs is 1. The molecule has 0 N–H and O–H groups in total. The number of rotatable bonds is 0. The first-order chi connectivity index (χ1) is 5.75. The zero-order chi connectivity index (χ0) is 8.55. The van der Waals surface area contributed by atoms with Crippen molar-refractivity contribution in [3.63, 3.8) is 0 Å². The molecule has 2 aliphatic rings. The van der Waals surface area contributed by atoms with Crippen LogP contribution in [0.5, 0.6) is 0 Å². The number of piperidine rings is 2. The summed E-state index contributed by atoms with van der Waals surface area (Å²) < 4.78 is 0. The van der Waals surface area contributed by atoms with Gasteiger partial charge in [0.15, 0.2) is 0 Å². The van der Waals surface area contributed by atoms with Crippen LogP contribution in [0.3, 0.4) is 0 Å². The highest BCUT2D eigenvalue weighted by Crippen LogP contribution is 2.31. The van der Waals surface area contributed by atoms with E-state index in [4.69, 9.17) is 0 Å². The van der Waals surface area contributed by atoms with Crippen molar-refractivity contribution < 1.29 is 0 Å². The van der Waals surface area contributed by atoms with E-state index >= 15 is 0 Å². The molecule has 0 unspecified atom stereocenters. The van der Waals surface area contributed by atoms with Gasteiger partial charge >= 0.3 is 0 Å². The van der Waals surface area contributed by atoms with Gasteiger partial charge in [0, 0.05) is 12.6 Å². The Hall–Kier alpha value is -0.0400. The summed E-state index contributed by atoms with van der Waals surface area (Å²) in [7, 11) is 0. The van der Waals surface area contributed by atoms with Gasteiger partial charge in [0.1, 0.15) is 0 Å². The fourth-order valence-electron chi connectivity index (χ4n) is 2.81. The van der Waals surface area contributed by atoms with Gasteiger partial charge in [-0.1, -0.05) is 13.8 Å². The summed E-state index contributed by atoms with van der Waals surface area (Å²) in [5.74, 6) is 1.94. The molecule has 0 amide bonds. The summed E-state index contributed by atoms with van der Waals surface area (Å²) >= 11 is 0. The van der Waals surface area contributed by atoms with Gasteiger partial charge in [0.25, 0.3) is 0 Å². The molecule has 2 aliphatic heterocycles. The highest BCUT2D eigenvalue weighted by Gasteiger charge is 2.30. The average molecular weight is 167 g/mol. The van der Waals surface area contributed by atoms with E-state index in [0.717, 1.165) is 17.9 Å². The van der Waals surface area contributed by atoms with Gasteiger partial charge in [-0.15, -0.1) is 0 Å². The molecular weight excluding hydrogens is 146 g/mol. The highest BCUT2D eigenvalue weighted by atomic mass is 15.2. The minimum atomic E-state index is 0.949. The Labute approximate surface area is 76.1 Å². The van der Waals surface area contributed by atoms with Gasteiger partial charge < -0.3 is 4.90 Å². The quantitative estimate of drug-likeness (QED) is 0.536. The van der Waals surface area contributed by atoms with Crippen LogP contribution in [0, 0.1) is 11.8 Å². The maximum absolute atomic E-state index is 2.73. The molecule has 0 aliphatic carbocycles. The molecule has 0 aromatic heterocycles. The summed E-state index contributed by atoms with van der Waals surface area (Å²) in [4.78, 5) is 2.73. The van der Waals surface area contributed by atoms with E-state index in [9.17, 15) is 0 Å². The van der Waals surface area contributed by atoms with Crippen LogP contribution in [0.25, 0.3) is 0 Å². The zero-order valence-electron chi connectivity index (χ0n) is 8.42. The van der Waals surface area contributed by atoms with Crippen LogP contribution in [0.2, 0.25) is 0 Å². The van der Waals surface area contributed by atoms with Crippen LogP contribution in [0.15, 0.2) is 0 Å². The Morgan fingerprint density at radius 2 is 1.83 bits per heavy atom. The third-order valence-electron chi connectivity index (χ3n) is 3.64. The SMILES string of the molecule is C[C@@H]1CCN2C[C@H](C)CC[C@@H]2C1. The van der Waals surface area contributed by atoms with E-state index in [0.29, 0.717) is 0 Å². The van der Waals surface area contributed by atoms with Crippen LogP contribution in [-0.2, 0) is 0 Å². The first-order valence-corrected chi connectivity index (χ1v) is 5.49. The third-order valence-corrected chi connectivity index (χ3v) is 3.64. The molecule has 2 fully saturated rings. The smallest absolute Gasteiger partial charge is 0.00980 e. The molecule has 0 aromatic carbocycles. The first kappa shape index (κ1) is 8.55. The van der Waals surface area contributed by atoms with E-state index < -0.39 is 0 Å². The van der Waals surface area contributed by atoms with Crippen molar-refractivity contribution in [3.05, 3.63) is 0 Å². The fraction of sp³-hybridized carbons (Fsp3) is 1.00. The summed E-state index contributed by atoms with van der Waals surface area (Å²) in [6.45, 7) is 7.55. The van der Waals surface area contributed by atoms with Gasteiger partial charge in [-0.25, -0.2) is 0 Å². The lowest BCUT2D eigenvalue weighted by Crippen LogP contribution is -2.47. The topological polar surface area (TPSA) is 3.24 Å². The molecule has 1 heteroatoms. The lowest BCUT2D eigenvalue weighted by Gasteiger charge is -2.43. The van der Waals surface area contributed by atoms with Gasteiger partial charge in [-0.2, -0.15) is 0 Å². The second kappa shape index (κ2) is 3.37. The second-order valence-corrected chi connectivity index (χ2v) is 4.96. The first-order valence-electron chi connectivity index (χ1n) is 5.49. The monoisotopic (exact) mass is 167 g/mol. The minimum Gasteiger partial charge on any atom is -0.300 e. The van der Waals surface area contributed by atoms with E-state index in [-0.39, 0.29) is 0 Å². The van der Waals surface area contributed by atoms with Crippen LogP contribution in [-0.4, -0.2) is 24.0 Å². The minimum absolute atomic E-state index is 0.949. The predicted octanol–water partition coefficient (Wildman–Crippen LogP) is 2.52. The van der Waals surface area contributed by atoms with Crippen LogP contribution >= 0.6 is 0 Å². The van der Waals surface area contributed by atoms with Crippen molar-refractivity contribution in [2.45, 2.75) is 45.6 Å². The normalized spacial score (nSPS) is 44.0. The summed E-state index contributed by atoms with van der Waals surface area (Å²) in [5.41, 5.74) is 0. The highest BCUT2D eigenvalue weighted by molar-refractivity contribution is 4.85. The van der Waals surface area contributed by atoms with Gasteiger partial charge in [-0.3, -0.25) is 0 Å². The van der Waals surface area contributed by atoms with Crippen LogP contribution in [0.4, 0.5) is 0 Å². The second-order valence-electron chi connectivity index (χ2n) is 4.96. The van der Waals surface area contributed by atoms with Crippen molar-refractivity contribution in [3.8, 4) is 0 Å². The van der Waals surface area contributed by atoms with Crippen molar-refractivity contribution in [2.75, 3.05) is 13.1 Å². The summed E-state index contributed by atoms with van der Waals surface area (Å²) in [6, 6.07) is 0.949. The molecule has 0 aromatic rings. The van der Waals surface area contributed by atoms with E-state index in [1.165, 1.54) is 38.8 Å². The molecule has 70 valence electrons. The number of nitrogens with zero attached hydrogens (tertiary/aromatic N) is 1. The van der Waals surface area contributed by atoms with Crippen molar-refractivity contribution in [1.29, 1.82) is 0 Å². The molecule has 2 saturated heterocycles. The fourth-order valence-corrected chi connectivity index (χ4v) is 2.81. The number of hydrogen-bond acceptors (Lipinski definition) is 1.